The van der Waals surface area contributed by atoms with Gasteiger partial charge in [-0.25, -0.2) is 13.1 Å². The summed E-state index contributed by atoms with van der Waals surface area (Å²) in [6.45, 7) is 0.121. The molecule has 98 valence electrons. The number of benzene rings is 1. The molecule has 1 aliphatic rings. The first kappa shape index (κ1) is 13.0. The molecule has 1 aromatic carbocycles. The van der Waals surface area contributed by atoms with Gasteiger partial charge in [0.05, 0.1) is 4.90 Å². The molecule has 6 heteroatoms. The molecule has 2 N–H and O–H groups in total. The van der Waals surface area contributed by atoms with Gasteiger partial charge in [-0.3, -0.25) is 4.79 Å². The number of hydrogen-bond donors (Lipinski definition) is 2. The maximum atomic E-state index is 11.8. The van der Waals surface area contributed by atoms with E-state index in [-0.39, 0.29) is 23.8 Å². The summed E-state index contributed by atoms with van der Waals surface area (Å²) >= 11 is 0. The van der Waals surface area contributed by atoms with Gasteiger partial charge in [-0.15, -0.1) is 0 Å². The highest BCUT2D eigenvalue weighted by molar-refractivity contribution is 7.89. The average molecular weight is 268 g/mol. The van der Waals surface area contributed by atoms with Gasteiger partial charge < -0.3 is 5.32 Å². The van der Waals surface area contributed by atoms with Crippen molar-refractivity contribution >= 4 is 15.9 Å². The van der Waals surface area contributed by atoms with E-state index in [0.717, 1.165) is 12.8 Å². The van der Waals surface area contributed by atoms with Gasteiger partial charge in [0.25, 0.3) is 0 Å². The highest BCUT2D eigenvalue weighted by atomic mass is 32.2. The van der Waals surface area contributed by atoms with Crippen LogP contribution in [0.25, 0.3) is 0 Å². The lowest BCUT2D eigenvalue weighted by atomic mass is 10.4. The summed E-state index contributed by atoms with van der Waals surface area (Å²) in [5.74, 6) is -0.103. The molecule has 18 heavy (non-hydrogen) atoms. The Morgan fingerprint density at radius 1 is 1.22 bits per heavy atom. The second-order valence-corrected chi connectivity index (χ2v) is 6.07. The first-order chi connectivity index (χ1) is 8.58. The fourth-order valence-corrected chi connectivity index (χ4v) is 2.56. The lowest BCUT2D eigenvalue weighted by Crippen LogP contribution is -2.31. The van der Waals surface area contributed by atoms with E-state index in [9.17, 15) is 13.2 Å². The largest absolute Gasteiger partial charge is 0.353 e. The van der Waals surface area contributed by atoms with Gasteiger partial charge in [0.15, 0.2) is 0 Å². The van der Waals surface area contributed by atoms with Crippen molar-refractivity contribution in [2.24, 2.45) is 0 Å². The normalized spacial score (nSPS) is 15.3. The van der Waals surface area contributed by atoms with Crippen LogP contribution in [0.4, 0.5) is 0 Å². The van der Waals surface area contributed by atoms with Crippen molar-refractivity contribution in [2.75, 3.05) is 6.54 Å². The Kier molecular flexibility index (Phi) is 3.98. The number of nitrogens with one attached hydrogen (secondary N) is 2. The fourth-order valence-electron chi connectivity index (χ4n) is 1.51. The first-order valence-electron chi connectivity index (χ1n) is 5.92. The molecule has 0 unspecified atom stereocenters. The summed E-state index contributed by atoms with van der Waals surface area (Å²) in [6.07, 6.45) is 2.23. The lowest BCUT2D eigenvalue weighted by Gasteiger charge is -2.06. The zero-order valence-corrected chi connectivity index (χ0v) is 10.7. The molecule has 0 radical (unpaired) electrons. The van der Waals surface area contributed by atoms with E-state index < -0.39 is 10.0 Å². The molecule has 2 rings (SSSR count). The number of amides is 1. The van der Waals surface area contributed by atoms with Crippen molar-refractivity contribution in [3.63, 3.8) is 0 Å². The molecule has 0 aliphatic heterocycles. The molecule has 1 fully saturated rings. The van der Waals surface area contributed by atoms with Crippen LogP contribution in [0.3, 0.4) is 0 Å². The molecule has 0 saturated heterocycles. The molecule has 0 aromatic heterocycles. The minimum atomic E-state index is -3.50. The maximum Gasteiger partial charge on any atom is 0.240 e. The van der Waals surface area contributed by atoms with E-state index in [0.29, 0.717) is 6.04 Å². The van der Waals surface area contributed by atoms with Crippen LogP contribution < -0.4 is 10.0 Å². The molecule has 1 aliphatic carbocycles. The average Bonchev–Trinajstić information content (AvgIpc) is 3.14. The van der Waals surface area contributed by atoms with Gasteiger partial charge in [0.2, 0.25) is 15.9 Å². The Hall–Kier alpha value is -1.40. The Bertz CT molecular complexity index is 509. The molecule has 1 saturated carbocycles. The van der Waals surface area contributed by atoms with Crippen LogP contribution >= 0.6 is 0 Å². The third-order valence-electron chi connectivity index (χ3n) is 2.64. The van der Waals surface area contributed by atoms with Crippen LogP contribution in [0.5, 0.6) is 0 Å². The SMILES string of the molecule is O=C(CCNS(=O)(=O)c1ccccc1)NC1CC1. The quantitative estimate of drug-likeness (QED) is 0.794. The molecule has 1 amide bonds. The maximum absolute atomic E-state index is 11.8. The molecule has 5 nitrogen and oxygen atoms in total. The molecular weight excluding hydrogens is 252 g/mol. The molecule has 0 atom stereocenters. The van der Waals surface area contributed by atoms with E-state index in [1.807, 2.05) is 0 Å². The number of sulfonamides is 1. The summed E-state index contributed by atoms with van der Waals surface area (Å²) < 4.78 is 26.0. The van der Waals surface area contributed by atoms with E-state index >= 15 is 0 Å². The van der Waals surface area contributed by atoms with Gasteiger partial charge in [-0.1, -0.05) is 18.2 Å². The number of carbonyl (C=O) groups excluding carboxylic acids is 1. The Labute approximate surface area is 107 Å². The summed E-state index contributed by atoms with van der Waals surface area (Å²) in [5.41, 5.74) is 0. The fraction of sp³-hybridized carbons (Fsp3) is 0.417. The van der Waals surface area contributed by atoms with E-state index in [1.54, 1.807) is 18.2 Å². The highest BCUT2D eigenvalue weighted by Crippen LogP contribution is 2.18. The third-order valence-corrected chi connectivity index (χ3v) is 4.12. The first-order valence-corrected chi connectivity index (χ1v) is 7.40. The smallest absolute Gasteiger partial charge is 0.240 e. The topological polar surface area (TPSA) is 75.3 Å². The predicted molar refractivity (Wildman–Crippen MR) is 67.4 cm³/mol. The van der Waals surface area contributed by atoms with Crippen molar-refractivity contribution in [2.45, 2.75) is 30.2 Å². The van der Waals surface area contributed by atoms with Gasteiger partial charge in [-0.2, -0.15) is 0 Å². The van der Waals surface area contributed by atoms with Crippen LogP contribution in [0.1, 0.15) is 19.3 Å². The van der Waals surface area contributed by atoms with Crippen molar-refractivity contribution in [3.8, 4) is 0 Å². The summed E-state index contributed by atoms with van der Waals surface area (Å²) in [6, 6.07) is 8.42. The van der Waals surface area contributed by atoms with Crippen LogP contribution in [-0.4, -0.2) is 26.9 Å². The number of hydrogen-bond acceptors (Lipinski definition) is 3. The van der Waals surface area contributed by atoms with Crippen LogP contribution in [0.2, 0.25) is 0 Å². The lowest BCUT2D eigenvalue weighted by molar-refractivity contribution is -0.121. The molecule has 0 heterocycles. The monoisotopic (exact) mass is 268 g/mol. The summed E-state index contributed by atoms with van der Waals surface area (Å²) in [7, 11) is -3.50. The molecule has 0 spiro atoms. The van der Waals surface area contributed by atoms with Gasteiger partial charge in [0, 0.05) is 19.0 Å². The van der Waals surface area contributed by atoms with Crippen molar-refractivity contribution in [1.29, 1.82) is 0 Å². The van der Waals surface area contributed by atoms with E-state index in [2.05, 4.69) is 10.0 Å². The second kappa shape index (κ2) is 5.49. The van der Waals surface area contributed by atoms with Crippen molar-refractivity contribution in [3.05, 3.63) is 30.3 Å². The number of rotatable bonds is 6. The van der Waals surface area contributed by atoms with Gasteiger partial charge in [-0.05, 0) is 25.0 Å². The van der Waals surface area contributed by atoms with Crippen LogP contribution in [-0.2, 0) is 14.8 Å². The van der Waals surface area contributed by atoms with Gasteiger partial charge >= 0.3 is 0 Å². The van der Waals surface area contributed by atoms with Gasteiger partial charge in [0.1, 0.15) is 0 Å². The molecule has 0 bridgehead atoms. The van der Waals surface area contributed by atoms with E-state index in [1.165, 1.54) is 12.1 Å². The van der Waals surface area contributed by atoms with Crippen molar-refractivity contribution in [1.82, 2.24) is 10.0 Å². The van der Waals surface area contributed by atoms with Crippen LogP contribution in [0, 0.1) is 0 Å². The number of carbonyl (C=O) groups is 1. The Morgan fingerprint density at radius 3 is 2.50 bits per heavy atom. The molecular formula is C12H16N2O3S. The standard InChI is InChI=1S/C12H16N2O3S/c15-12(14-10-6-7-10)8-9-13-18(16,17)11-4-2-1-3-5-11/h1-5,10,13H,6-9H2,(H,14,15). The summed E-state index contributed by atoms with van der Waals surface area (Å²) in [4.78, 5) is 11.6. The minimum absolute atomic E-state index is 0.103. The second-order valence-electron chi connectivity index (χ2n) is 4.30. The zero-order chi connectivity index (χ0) is 13.0. The third kappa shape index (κ3) is 3.82. The Morgan fingerprint density at radius 2 is 1.89 bits per heavy atom. The van der Waals surface area contributed by atoms with E-state index in [4.69, 9.17) is 0 Å². The Balaban J connectivity index is 1.80. The van der Waals surface area contributed by atoms with Crippen LogP contribution in [0.15, 0.2) is 35.2 Å². The minimum Gasteiger partial charge on any atom is -0.353 e. The highest BCUT2D eigenvalue weighted by Gasteiger charge is 2.23. The summed E-state index contributed by atoms with van der Waals surface area (Å²) in [5, 5.41) is 2.81. The predicted octanol–water partition coefficient (Wildman–Crippen LogP) is 0.634. The van der Waals surface area contributed by atoms with Crippen molar-refractivity contribution < 1.29 is 13.2 Å². The zero-order valence-electron chi connectivity index (χ0n) is 9.93. The molecule has 1 aromatic rings.